The van der Waals surface area contributed by atoms with Crippen molar-refractivity contribution >= 4 is 5.91 Å². The summed E-state index contributed by atoms with van der Waals surface area (Å²) in [5.41, 5.74) is 5.96. The molecule has 2 aromatic carbocycles. The summed E-state index contributed by atoms with van der Waals surface area (Å²) in [6.07, 6.45) is 7.57. The Bertz CT molecular complexity index is 1130. The molecule has 0 atom stereocenters. The third kappa shape index (κ3) is 4.49. The van der Waals surface area contributed by atoms with Gasteiger partial charge in [0.05, 0.1) is 23.3 Å². The van der Waals surface area contributed by atoms with E-state index >= 15 is 0 Å². The zero-order chi connectivity index (χ0) is 20.9. The first-order valence-corrected chi connectivity index (χ1v) is 10.1. The number of carbonyl (C=O) groups excluding carboxylic acids is 1. The third-order valence-electron chi connectivity index (χ3n) is 5.04. The Hall–Kier alpha value is -3.67. The number of hydrogen-bond donors (Lipinski definition) is 1. The van der Waals surface area contributed by atoms with Gasteiger partial charge in [0.1, 0.15) is 0 Å². The molecule has 0 bridgehead atoms. The van der Waals surface area contributed by atoms with Crippen molar-refractivity contribution in [3.8, 4) is 11.4 Å². The van der Waals surface area contributed by atoms with Gasteiger partial charge in [-0.1, -0.05) is 18.2 Å². The van der Waals surface area contributed by atoms with Crippen LogP contribution >= 0.6 is 0 Å². The minimum Gasteiger partial charge on any atom is -0.352 e. The highest BCUT2D eigenvalue weighted by Gasteiger charge is 2.08. The molecule has 6 nitrogen and oxygen atoms in total. The van der Waals surface area contributed by atoms with E-state index < -0.39 is 0 Å². The number of nitrogens with zero attached hydrogens (tertiary/aromatic N) is 4. The fourth-order valence-electron chi connectivity index (χ4n) is 3.36. The maximum absolute atomic E-state index is 12.4. The molecule has 0 radical (unpaired) electrons. The van der Waals surface area contributed by atoms with Crippen LogP contribution in [0.15, 0.2) is 73.2 Å². The second-order valence-corrected chi connectivity index (χ2v) is 7.39. The lowest BCUT2D eigenvalue weighted by Gasteiger charge is -2.06. The van der Waals surface area contributed by atoms with Gasteiger partial charge in [0.25, 0.3) is 5.91 Å². The van der Waals surface area contributed by atoms with E-state index in [-0.39, 0.29) is 5.91 Å². The number of para-hydroxylation sites is 1. The van der Waals surface area contributed by atoms with Crippen molar-refractivity contribution in [2.75, 3.05) is 6.54 Å². The molecule has 2 aromatic heterocycles. The standard InChI is InChI=1S/C24H25N5O/c1-18-15-26-28(16-18)23-12-10-20(11-13-23)24(30)25-14-6-7-21-17-29(27-19(21)2)22-8-4-3-5-9-22/h3-5,8-13,15-17H,6-7,14H2,1-2H3,(H,25,30). The lowest BCUT2D eigenvalue weighted by molar-refractivity contribution is 0.0953. The third-order valence-corrected chi connectivity index (χ3v) is 5.04. The summed E-state index contributed by atoms with van der Waals surface area (Å²) in [5.74, 6) is -0.0603. The van der Waals surface area contributed by atoms with Crippen molar-refractivity contribution in [3.05, 3.63) is 95.6 Å². The number of hydrogen-bond acceptors (Lipinski definition) is 3. The topological polar surface area (TPSA) is 64.7 Å². The van der Waals surface area contributed by atoms with Crippen LogP contribution in [0.2, 0.25) is 0 Å². The van der Waals surface area contributed by atoms with Crippen LogP contribution in [0.3, 0.4) is 0 Å². The number of carbonyl (C=O) groups is 1. The van der Waals surface area contributed by atoms with Gasteiger partial charge in [-0.3, -0.25) is 4.79 Å². The Kier molecular flexibility index (Phi) is 5.75. The summed E-state index contributed by atoms with van der Waals surface area (Å²) >= 11 is 0. The smallest absolute Gasteiger partial charge is 0.251 e. The molecule has 0 saturated heterocycles. The Labute approximate surface area is 176 Å². The molecule has 4 rings (SSSR count). The number of rotatable bonds is 7. The zero-order valence-corrected chi connectivity index (χ0v) is 17.2. The van der Waals surface area contributed by atoms with Crippen LogP contribution in [-0.4, -0.2) is 32.0 Å². The lowest BCUT2D eigenvalue weighted by Crippen LogP contribution is -2.24. The van der Waals surface area contributed by atoms with Gasteiger partial charge in [0.15, 0.2) is 0 Å². The molecule has 0 aliphatic carbocycles. The predicted molar refractivity (Wildman–Crippen MR) is 117 cm³/mol. The van der Waals surface area contributed by atoms with E-state index in [1.807, 2.05) is 85.5 Å². The van der Waals surface area contributed by atoms with Gasteiger partial charge in [-0.05, 0) is 74.2 Å². The van der Waals surface area contributed by atoms with Crippen LogP contribution in [-0.2, 0) is 6.42 Å². The van der Waals surface area contributed by atoms with Crippen LogP contribution in [0.4, 0.5) is 0 Å². The number of nitrogens with one attached hydrogen (secondary N) is 1. The van der Waals surface area contributed by atoms with Gasteiger partial charge < -0.3 is 5.32 Å². The normalized spacial score (nSPS) is 10.9. The Morgan fingerprint density at radius 1 is 0.933 bits per heavy atom. The molecule has 1 amide bonds. The summed E-state index contributed by atoms with van der Waals surface area (Å²) < 4.78 is 3.71. The van der Waals surface area contributed by atoms with E-state index in [9.17, 15) is 4.79 Å². The van der Waals surface area contributed by atoms with Gasteiger partial charge in [0, 0.05) is 24.5 Å². The van der Waals surface area contributed by atoms with Gasteiger partial charge >= 0.3 is 0 Å². The van der Waals surface area contributed by atoms with Crippen molar-refractivity contribution in [2.24, 2.45) is 0 Å². The van der Waals surface area contributed by atoms with Crippen molar-refractivity contribution in [1.82, 2.24) is 24.9 Å². The maximum Gasteiger partial charge on any atom is 0.251 e. The van der Waals surface area contributed by atoms with Crippen molar-refractivity contribution in [2.45, 2.75) is 26.7 Å². The maximum atomic E-state index is 12.4. The first kappa shape index (κ1) is 19.6. The average Bonchev–Trinajstić information content (AvgIpc) is 3.37. The molecule has 2 heterocycles. The molecule has 30 heavy (non-hydrogen) atoms. The van der Waals surface area contributed by atoms with Gasteiger partial charge in [-0.2, -0.15) is 10.2 Å². The predicted octanol–water partition coefficient (Wildman–Crippen LogP) is 4.04. The van der Waals surface area contributed by atoms with E-state index in [0.717, 1.165) is 35.5 Å². The fourth-order valence-corrected chi connectivity index (χ4v) is 3.36. The van der Waals surface area contributed by atoms with E-state index in [0.29, 0.717) is 12.1 Å². The molecule has 4 aromatic rings. The van der Waals surface area contributed by atoms with E-state index in [1.165, 1.54) is 5.56 Å². The molecular formula is C24H25N5O. The number of benzene rings is 2. The highest BCUT2D eigenvalue weighted by atomic mass is 16.1. The minimum atomic E-state index is -0.0603. The van der Waals surface area contributed by atoms with Crippen LogP contribution in [0.25, 0.3) is 11.4 Å². The summed E-state index contributed by atoms with van der Waals surface area (Å²) in [5, 5.41) is 11.9. The molecule has 1 N–H and O–H groups in total. The van der Waals surface area contributed by atoms with E-state index in [1.54, 1.807) is 4.68 Å². The fraction of sp³-hybridized carbons (Fsp3) is 0.208. The van der Waals surface area contributed by atoms with Crippen LogP contribution in [0, 0.1) is 13.8 Å². The number of amides is 1. The van der Waals surface area contributed by atoms with E-state index in [4.69, 9.17) is 0 Å². The highest BCUT2D eigenvalue weighted by Crippen LogP contribution is 2.14. The van der Waals surface area contributed by atoms with Crippen molar-refractivity contribution in [1.29, 1.82) is 0 Å². The van der Waals surface area contributed by atoms with Crippen LogP contribution in [0.5, 0.6) is 0 Å². The number of aromatic nitrogens is 4. The SMILES string of the molecule is Cc1cnn(-c2ccc(C(=O)NCCCc3cn(-c4ccccc4)nc3C)cc2)c1. The summed E-state index contributed by atoms with van der Waals surface area (Å²) in [6.45, 7) is 4.64. The second kappa shape index (κ2) is 8.78. The van der Waals surface area contributed by atoms with Gasteiger partial charge in [-0.25, -0.2) is 9.36 Å². The van der Waals surface area contributed by atoms with E-state index in [2.05, 4.69) is 21.7 Å². The summed E-state index contributed by atoms with van der Waals surface area (Å²) in [7, 11) is 0. The molecule has 0 aliphatic heterocycles. The Morgan fingerprint density at radius 2 is 1.67 bits per heavy atom. The van der Waals surface area contributed by atoms with Crippen molar-refractivity contribution < 1.29 is 4.79 Å². The molecule has 6 heteroatoms. The molecule has 0 unspecified atom stereocenters. The molecular weight excluding hydrogens is 374 g/mol. The highest BCUT2D eigenvalue weighted by molar-refractivity contribution is 5.94. The summed E-state index contributed by atoms with van der Waals surface area (Å²) in [6, 6.07) is 17.5. The molecule has 0 saturated carbocycles. The first-order valence-electron chi connectivity index (χ1n) is 10.1. The second-order valence-electron chi connectivity index (χ2n) is 7.39. The van der Waals surface area contributed by atoms with Crippen LogP contribution in [0.1, 0.15) is 33.6 Å². The minimum absolute atomic E-state index is 0.0603. The Morgan fingerprint density at radius 3 is 2.37 bits per heavy atom. The average molecular weight is 399 g/mol. The monoisotopic (exact) mass is 399 g/mol. The molecule has 0 spiro atoms. The molecule has 0 aliphatic rings. The largest absolute Gasteiger partial charge is 0.352 e. The van der Waals surface area contributed by atoms with Crippen LogP contribution < -0.4 is 5.32 Å². The molecule has 152 valence electrons. The quantitative estimate of drug-likeness (QED) is 0.477. The van der Waals surface area contributed by atoms with Gasteiger partial charge in [-0.15, -0.1) is 0 Å². The Balaban J connectivity index is 1.28. The first-order chi connectivity index (χ1) is 14.6. The zero-order valence-electron chi connectivity index (χ0n) is 17.2. The van der Waals surface area contributed by atoms with Gasteiger partial charge in [0.2, 0.25) is 0 Å². The molecule has 0 fully saturated rings. The van der Waals surface area contributed by atoms with Crippen molar-refractivity contribution in [3.63, 3.8) is 0 Å². The summed E-state index contributed by atoms with van der Waals surface area (Å²) in [4.78, 5) is 12.4. The number of aryl methyl sites for hydroxylation is 3. The lowest BCUT2D eigenvalue weighted by atomic mass is 10.1.